The first-order valence-corrected chi connectivity index (χ1v) is 11.3. The summed E-state index contributed by atoms with van der Waals surface area (Å²) in [5.74, 6) is -0.0182. The van der Waals surface area contributed by atoms with Gasteiger partial charge in [-0.2, -0.15) is 0 Å². The number of nitrogens with one attached hydrogen (secondary N) is 2. The normalized spacial score (nSPS) is 11.8. The second-order valence-corrected chi connectivity index (χ2v) is 7.74. The fraction of sp³-hybridized carbons (Fsp3) is 0.864. The first-order chi connectivity index (χ1) is 13.5. The summed E-state index contributed by atoms with van der Waals surface area (Å²) in [4.78, 5) is 34.5. The number of ketones is 1. The van der Waals surface area contributed by atoms with Crippen LogP contribution in [0.15, 0.2) is 0 Å². The lowest BCUT2D eigenvalue weighted by atomic mass is 10.1. The van der Waals surface area contributed by atoms with Crippen LogP contribution in [-0.2, 0) is 14.4 Å². The molecule has 0 aromatic heterocycles. The van der Waals surface area contributed by atoms with Gasteiger partial charge in [0.2, 0.25) is 11.8 Å². The molecule has 0 aromatic rings. The van der Waals surface area contributed by atoms with E-state index in [-0.39, 0.29) is 17.6 Å². The summed E-state index contributed by atoms with van der Waals surface area (Å²) < 4.78 is 0. The van der Waals surface area contributed by atoms with E-state index in [1.165, 1.54) is 51.9 Å². The van der Waals surface area contributed by atoms with Gasteiger partial charge in [0.25, 0.3) is 0 Å². The number of hydrogen-bond acceptors (Lipinski definition) is 4. The van der Waals surface area contributed by atoms with Crippen molar-refractivity contribution in [1.82, 2.24) is 10.6 Å². The van der Waals surface area contributed by atoms with Gasteiger partial charge in [-0.3, -0.25) is 14.4 Å². The van der Waals surface area contributed by atoms with Crippen molar-refractivity contribution in [3.8, 4) is 0 Å². The van der Waals surface area contributed by atoms with E-state index in [0.717, 1.165) is 25.7 Å². The molecular weight excluding hydrogens is 354 g/mol. The van der Waals surface area contributed by atoms with E-state index >= 15 is 0 Å². The van der Waals surface area contributed by atoms with Crippen LogP contribution >= 0.6 is 0 Å². The van der Waals surface area contributed by atoms with Crippen LogP contribution < -0.4 is 16.4 Å². The van der Waals surface area contributed by atoms with Gasteiger partial charge in [-0.15, -0.1) is 0 Å². The molecule has 0 heterocycles. The summed E-state index contributed by atoms with van der Waals surface area (Å²) in [6, 6.07) is -0.392. The van der Waals surface area contributed by atoms with Gasteiger partial charge in [0.1, 0.15) is 5.78 Å². The van der Waals surface area contributed by atoms with E-state index in [1.807, 2.05) is 0 Å². The zero-order chi connectivity index (χ0) is 21.0. The predicted molar refractivity (Wildman–Crippen MR) is 115 cm³/mol. The molecule has 0 aliphatic rings. The van der Waals surface area contributed by atoms with Crippen LogP contribution in [0.5, 0.6) is 0 Å². The third-order valence-electron chi connectivity index (χ3n) is 4.97. The standard InChI is InChI=1S/C22H43N3O3/c1-3-4-5-6-7-8-9-10-11-15-21(27)25-18-16-22(28)24-17-13-12-14-20(23)19(2)26/h20H,3-18,23H2,1-2H3,(H,24,28)(H,25,27). The molecule has 6 heteroatoms. The lowest BCUT2D eigenvalue weighted by Crippen LogP contribution is -2.31. The van der Waals surface area contributed by atoms with E-state index in [2.05, 4.69) is 17.6 Å². The van der Waals surface area contributed by atoms with Crippen LogP contribution in [0.3, 0.4) is 0 Å². The number of amides is 2. The molecule has 0 aliphatic heterocycles. The predicted octanol–water partition coefficient (Wildman–Crippen LogP) is 3.62. The maximum absolute atomic E-state index is 11.8. The maximum Gasteiger partial charge on any atom is 0.221 e. The zero-order valence-electron chi connectivity index (χ0n) is 18.2. The molecule has 4 N–H and O–H groups in total. The third-order valence-corrected chi connectivity index (χ3v) is 4.97. The Morgan fingerprint density at radius 1 is 0.714 bits per heavy atom. The fourth-order valence-corrected chi connectivity index (χ4v) is 3.01. The Kier molecular flexibility index (Phi) is 17.9. The van der Waals surface area contributed by atoms with Crippen molar-refractivity contribution in [2.24, 2.45) is 5.73 Å². The van der Waals surface area contributed by atoms with Crippen molar-refractivity contribution in [2.45, 2.75) is 110 Å². The van der Waals surface area contributed by atoms with Crippen molar-refractivity contribution < 1.29 is 14.4 Å². The molecular formula is C22H43N3O3. The number of nitrogens with two attached hydrogens (primary N) is 1. The summed E-state index contributed by atoms with van der Waals surface area (Å²) in [5.41, 5.74) is 5.66. The Morgan fingerprint density at radius 3 is 1.86 bits per heavy atom. The summed E-state index contributed by atoms with van der Waals surface area (Å²) in [6.07, 6.45) is 14.3. The highest BCUT2D eigenvalue weighted by molar-refractivity contribution is 5.81. The average molecular weight is 398 g/mol. The number of unbranched alkanes of at least 4 members (excludes halogenated alkanes) is 9. The molecule has 1 unspecified atom stereocenters. The summed E-state index contributed by atoms with van der Waals surface area (Å²) >= 11 is 0. The Hall–Kier alpha value is -1.43. The van der Waals surface area contributed by atoms with Crippen LogP contribution in [0, 0.1) is 0 Å². The van der Waals surface area contributed by atoms with Crippen LogP contribution in [0.1, 0.15) is 104 Å². The van der Waals surface area contributed by atoms with Gasteiger partial charge in [0.15, 0.2) is 0 Å². The van der Waals surface area contributed by atoms with Crippen molar-refractivity contribution in [3.63, 3.8) is 0 Å². The molecule has 1 atom stereocenters. The molecule has 0 aliphatic carbocycles. The van der Waals surface area contributed by atoms with Gasteiger partial charge in [-0.1, -0.05) is 58.3 Å². The van der Waals surface area contributed by atoms with Gasteiger partial charge in [0, 0.05) is 25.9 Å². The third kappa shape index (κ3) is 18.0. The molecule has 0 bridgehead atoms. The van der Waals surface area contributed by atoms with E-state index in [0.29, 0.717) is 32.4 Å². The Balaban J connectivity index is 3.41. The van der Waals surface area contributed by atoms with Crippen LogP contribution in [0.4, 0.5) is 0 Å². The monoisotopic (exact) mass is 397 g/mol. The van der Waals surface area contributed by atoms with E-state index in [4.69, 9.17) is 5.73 Å². The average Bonchev–Trinajstić information content (AvgIpc) is 2.66. The number of Topliss-reactive ketones (excluding diaryl/α,β-unsaturated/α-hetero) is 1. The minimum absolute atomic E-state index is 0.00202. The molecule has 0 fully saturated rings. The van der Waals surface area contributed by atoms with Gasteiger partial charge >= 0.3 is 0 Å². The second-order valence-electron chi connectivity index (χ2n) is 7.74. The van der Waals surface area contributed by atoms with Gasteiger partial charge < -0.3 is 16.4 Å². The molecule has 0 saturated heterocycles. The fourth-order valence-electron chi connectivity index (χ4n) is 3.01. The molecule has 28 heavy (non-hydrogen) atoms. The van der Waals surface area contributed by atoms with Crippen LogP contribution in [-0.4, -0.2) is 36.7 Å². The summed E-state index contributed by atoms with van der Waals surface area (Å²) in [5, 5.41) is 5.64. The molecule has 164 valence electrons. The zero-order valence-corrected chi connectivity index (χ0v) is 18.2. The molecule has 2 amide bonds. The second kappa shape index (κ2) is 18.9. The van der Waals surface area contributed by atoms with Crippen molar-refractivity contribution >= 4 is 17.6 Å². The number of rotatable bonds is 19. The topological polar surface area (TPSA) is 101 Å². The minimum Gasteiger partial charge on any atom is -0.356 e. The lowest BCUT2D eigenvalue weighted by Gasteiger charge is -2.09. The Labute approximate surface area is 171 Å². The molecule has 0 saturated carbocycles. The van der Waals surface area contributed by atoms with E-state index in [9.17, 15) is 14.4 Å². The van der Waals surface area contributed by atoms with E-state index in [1.54, 1.807) is 0 Å². The number of carbonyl (C=O) groups excluding carboxylic acids is 3. The lowest BCUT2D eigenvalue weighted by molar-refractivity contribution is -0.122. The Morgan fingerprint density at radius 2 is 1.25 bits per heavy atom. The molecule has 6 nitrogen and oxygen atoms in total. The van der Waals surface area contributed by atoms with Crippen molar-refractivity contribution in [3.05, 3.63) is 0 Å². The van der Waals surface area contributed by atoms with Gasteiger partial charge in [-0.05, 0) is 32.6 Å². The van der Waals surface area contributed by atoms with Crippen molar-refractivity contribution in [2.75, 3.05) is 13.1 Å². The highest BCUT2D eigenvalue weighted by Crippen LogP contribution is 2.10. The SMILES string of the molecule is CCCCCCCCCCCC(=O)NCCC(=O)NCCCCC(N)C(C)=O. The summed E-state index contributed by atoms with van der Waals surface area (Å²) in [6.45, 7) is 4.69. The minimum atomic E-state index is -0.392. The number of hydrogen-bond donors (Lipinski definition) is 3. The smallest absolute Gasteiger partial charge is 0.221 e. The van der Waals surface area contributed by atoms with Crippen LogP contribution in [0.2, 0.25) is 0 Å². The van der Waals surface area contributed by atoms with Crippen LogP contribution in [0.25, 0.3) is 0 Å². The molecule has 0 radical (unpaired) electrons. The van der Waals surface area contributed by atoms with Gasteiger partial charge in [0.05, 0.1) is 6.04 Å². The quantitative estimate of drug-likeness (QED) is 0.290. The summed E-state index contributed by atoms with van der Waals surface area (Å²) in [7, 11) is 0. The highest BCUT2D eigenvalue weighted by Gasteiger charge is 2.07. The highest BCUT2D eigenvalue weighted by atomic mass is 16.2. The first kappa shape index (κ1) is 26.6. The first-order valence-electron chi connectivity index (χ1n) is 11.3. The largest absolute Gasteiger partial charge is 0.356 e. The van der Waals surface area contributed by atoms with Gasteiger partial charge in [-0.25, -0.2) is 0 Å². The Bertz CT molecular complexity index is 427. The van der Waals surface area contributed by atoms with Crippen molar-refractivity contribution in [1.29, 1.82) is 0 Å². The molecule has 0 spiro atoms. The number of carbonyl (C=O) groups is 3. The molecule has 0 rings (SSSR count). The molecule has 0 aromatic carbocycles. The maximum atomic E-state index is 11.8. The van der Waals surface area contributed by atoms with E-state index < -0.39 is 6.04 Å².